The molecule has 1 aliphatic rings. The number of amides is 2. The number of esters is 1. The van der Waals surface area contributed by atoms with Crippen LogP contribution >= 0.6 is 0 Å². The monoisotopic (exact) mass is 272 g/mol. The molecule has 2 amide bonds. The number of nitrogens with zero attached hydrogens (tertiary/aromatic N) is 2. The molecule has 1 saturated heterocycles. The summed E-state index contributed by atoms with van der Waals surface area (Å²) in [7, 11) is 2.77. The summed E-state index contributed by atoms with van der Waals surface area (Å²) in [4.78, 5) is 37.1. The van der Waals surface area contributed by atoms with E-state index in [1.54, 1.807) is 0 Å². The maximum atomic E-state index is 12.1. The Bertz CT molecular complexity index is 371. The Labute approximate surface area is 112 Å². The summed E-state index contributed by atoms with van der Waals surface area (Å²) in [6.07, 6.45) is 1.40. The van der Waals surface area contributed by atoms with Gasteiger partial charge in [0.2, 0.25) is 0 Å². The van der Waals surface area contributed by atoms with Crippen molar-refractivity contribution in [3.8, 4) is 0 Å². The van der Waals surface area contributed by atoms with Crippen LogP contribution in [0.15, 0.2) is 0 Å². The normalized spacial score (nSPS) is 20.6. The molecule has 7 nitrogen and oxygen atoms in total. The van der Waals surface area contributed by atoms with E-state index in [9.17, 15) is 14.4 Å². The molecular weight excluding hydrogens is 252 g/mol. The lowest BCUT2D eigenvalue weighted by Gasteiger charge is -2.35. The van der Waals surface area contributed by atoms with Crippen LogP contribution in [-0.2, 0) is 14.3 Å². The van der Waals surface area contributed by atoms with Crippen molar-refractivity contribution in [2.24, 2.45) is 5.92 Å². The van der Waals surface area contributed by atoms with Crippen LogP contribution in [0.25, 0.3) is 0 Å². The molecule has 0 spiro atoms. The van der Waals surface area contributed by atoms with Crippen LogP contribution in [0.3, 0.4) is 0 Å². The van der Waals surface area contributed by atoms with Gasteiger partial charge in [0.05, 0.1) is 13.0 Å². The lowest BCUT2D eigenvalue weighted by Crippen LogP contribution is -2.51. The van der Waals surface area contributed by atoms with Gasteiger partial charge < -0.3 is 19.6 Å². The number of piperidine rings is 1. The maximum absolute atomic E-state index is 12.1. The number of carboxylic acids is 1. The minimum atomic E-state index is -1.06. The van der Waals surface area contributed by atoms with Crippen molar-refractivity contribution in [1.29, 1.82) is 0 Å². The number of carbonyl (C=O) groups is 3. The van der Waals surface area contributed by atoms with Crippen molar-refractivity contribution in [3.05, 3.63) is 0 Å². The first kappa shape index (κ1) is 15.3. The molecule has 0 aliphatic carbocycles. The largest absolute Gasteiger partial charge is 0.480 e. The van der Waals surface area contributed by atoms with Crippen molar-refractivity contribution >= 4 is 18.0 Å². The van der Waals surface area contributed by atoms with Gasteiger partial charge in [0.15, 0.2) is 0 Å². The van der Waals surface area contributed by atoms with Crippen molar-refractivity contribution in [2.75, 3.05) is 27.2 Å². The molecule has 2 atom stereocenters. The Kier molecular flexibility index (Phi) is 5.14. The summed E-state index contributed by atoms with van der Waals surface area (Å²) in [6.45, 7) is 2.26. The number of likely N-dealkylation sites (tertiary alicyclic amines) is 1. The van der Waals surface area contributed by atoms with Crippen LogP contribution in [-0.4, -0.2) is 66.2 Å². The molecule has 108 valence electrons. The molecule has 0 bridgehead atoms. The minimum absolute atomic E-state index is 0.280. The molecule has 1 fully saturated rings. The van der Waals surface area contributed by atoms with E-state index in [0.717, 1.165) is 0 Å². The number of rotatable bonds is 3. The first-order valence-electron chi connectivity index (χ1n) is 6.20. The molecule has 2 unspecified atom stereocenters. The number of ether oxygens (including phenoxy) is 1. The van der Waals surface area contributed by atoms with Crippen LogP contribution in [0.2, 0.25) is 0 Å². The van der Waals surface area contributed by atoms with E-state index < -0.39 is 12.0 Å². The predicted molar refractivity (Wildman–Crippen MR) is 66.6 cm³/mol. The summed E-state index contributed by atoms with van der Waals surface area (Å²) in [5.74, 6) is -1.71. The van der Waals surface area contributed by atoms with Gasteiger partial charge in [-0.25, -0.2) is 9.59 Å². The Morgan fingerprint density at radius 2 is 2.05 bits per heavy atom. The lowest BCUT2D eigenvalue weighted by atomic mass is 9.98. The molecule has 0 radical (unpaired) electrons. The topological polar surface area (TPSA) is 87.2 Å². The zero-order chi connectivity index (χ0) is 14.6. The van der Waals surface area contributed by atoms with Gasteiger partial charge >= 0.3 is 18.0 Å². The summed E-state index contributed by atoms with van der Waals surface area (Å²) < 4.78 is 4.68. The number of methoxy groups -OCH3 is 1. The van der Waals surface area contributed by atoms with Gasteiger partial charge in [0.25, 0.3) is 0 Å². The third kappa shape index (κ3) is 3.59. The molecular formula is C12H20N2O5. The summed E-state index contributed by atoms with van der Waals surface area (Å²) in [6, 6.07) is -1.27. The van der Waals surface area contributed by atoms with E-state index in [1.165, 1.54) is 30.9 Å². The molecule has 1 N–H and O–H groups in total. The highest BCUT2D eigenvalue weighted by molar-refractivity contribution is 5.82. The van der Waals surface area contributed by atoms with Gasteiger partial charge in [-0.2, -0.15) is 0 Å². The second-order valence-corrected chi connectivity index (χ2v) is 4.72. The van der Waals surface area contributed by atoms with Crippen molar-refractivity contribution in [3.63, 3.8) is 0 Å². The first-order chi connectivity index (χ1) is 8.88. The number of hydrogen-bond acceptors (Lipinski definition) is 4. The summed E-state index contributed by atoms with van der Waals surface area (Å²) in [5.41, 5.74) is 0. The van der Waals surface area contributed by atoms with Gasteiger partial charge in [0.1, 0.15) is 6.04 Å². The number of hydrogen-bond donors (Lipinski definition) is 1. The smallest absolute Gasteiger partial charge is 0.326 e. The standard InChI is InChI=1S/C12H20N2O5/c1-8(10(15)16)13(2)12(18)14-6-4-5-9(7-14)11(17)19-3/h8-9H,4-7H2,1-3H3,(H,15,16). The summed E-state index contributed by atoms with van der Waals surface area (Å²) >= 11 is 0. The fourth-order valence-corrected chi connectivity index (χ4v) is 2.06. The third-order valence-corrected chi connectivity index (χ3v) is 3.47. The molecule has 0 saturated carbocycles. The Morgan fingerprint density at radius 1 is 1.42 bits per heavy atom. The first-order valence-corrected chi connectivity index (χ1v) is 6.20. The number of carbonyl (C=O) groups excluding carboxylic acids is 2. The molecule has 1 rings (SSSR count). The van der Waals surface area contributed by atoms with Gasteiger partial charge in [-0.3, -0.25) is 4.79 Å². The van der Waals surface area contributed by atoms with Crippen LogP contribution in [0.4, 0.5) is 4.79 Å². The van der Waals surface area contributed by atoms with Gasteiger partial charge in [-0.15, -0.1) is 0 Å². The number of aliphatic carboxylic acids is 1. The fraction of sp³-hybridized carbons (Fsp3) is 0.750. The second kappa shape index (κ2) is 6.40. The van der Waals surface area contributed by atoms with Crippen molar-refractivity contribution in [1.82, 2.24) is 9.80 Å². The van der Waals surface area contributed by atoms with Crippen LogP contribution < -0.4 is 0 Å². The quantitative estimate of drug-likeness (QED) is 0.751. The second-order valence-electron chi connectivity index (χ2n) is 4.72. The minimum Gasteiger partial charge on any atom is -0.480 e. The Hall–Kier alpha value is -1.79. The van der Waals surface area contributed by atoms with Gasteiger partial charge in [0, 0.05) is 20.1 Å². The van der Waals surface area contributed by atoms with E-state index in [4.69, 9.17) is 5.11 Å². The molecule has 0 aromatic carbocycles. The molecule has 1 heterocycles. The van der Waals surface area contributed by atoms with Crippen LogP contribution in [0, 0.1) is 5.92 Å². The van der Waals surface area contributed by atoms with E-state index in [1.807, 2.05) is 0 Å². The predicted octanol–water partition coefficient (Wildman–Crippen LogP) is 0.396. The van der Waals surface area contributed by atoms with E-state index in [2.05, 4.69) is 4.74 Å². The summed E-state index contributed by atoms with van der Waals surface area (Å²) in [5, 5.41) is 8.89. The van der Waals surface area contributed by atoms with E-state index in [0.29, 0.717) is 19.4 Å². The average Bonchev–Trinajstić information content (AvgIpc) is 2.43. The number of carboxylic acid groups (broad SMARTS) is 1. The highest BCUT2D eigenvalue weighted by atomic mass is 16.5. The van der Waals surface area contributed by atoms with Gasteiger partial charge in [-0.1, -0.05) is 0 Å². The highest BCUT2D eigenvalue weighted by Crippen LogP contribution is 2.19. The molecule has 0 aromatic rings. The zero-order valence-electron chi connectivity index (χ0n) is 11.5. The fourth-order valence-electron chi connectivity index (χ4n) is 2.06. The van der Waals surface area contributed by atoms with E-state index >= 15 is 0 Å². The van der Waals surface area contributed by atoms with Crippen molar-refractivity contribution in [2.45, 2.75) is 25.8 Å². The average molecular weight is 272 g/mol. The number of urea groups is 1. The number of likely N-dealkylation sites (N-methyl/N-ethyl adjacent to an activating group) is 1. The highest BCUT2D eigenvalue weighted by Gasteiger charge is 2.32. The molecule has 0 aromatic heterocycles. The van der Waals surface area contributed by atoms with Gasteiger partial charge in [-0.05, 0) is 19.8 Å². The maximum Gasteiger partial charge on any atom is 0.326 e. The SMILES string of the molecule is COC(=O)C1CCCN(C(=O)N(C)C(C)C(=O)O)C1. The molecule has 1 aliphatic heterocycles. The third-order valence-electron chi connectivity index (χ3n) is 3.47. The Balaban J connectivity index is 2.66. The van der Waals surface area contributed by atoms with Crippen LogP contribution in [0.1, 0.15) is 19.8 Å². The lowest BCUT2D eigenvalue weighted by molar-refractivity contribution is -0.147. The van der Waals surface area contributed by atoms with E-state index in [-0.39, 0.29) is 24.5 Å². The van der Waals surface area contributed by atoms with Crippen LogP contribution in [0.5, 0.6) is 0 Å². The Morgan fingerprint density at radius 3 is 2.58 bits per heavy atom. The van der Waals surface area contributed by atoms with Crippen molar-refractivity contribution < 1.29 is 24.2 Å². The zero-order valence-corrected chi connectivity index (χ0v) is 11.5. The molecule has 19 heavy (non-hydrogen) atoms. The molecule has 7 heteroatoms.